The number of hydrogen-bond acceptors (Lipinski definition) is 6. The van der Waals surface area contributed by atoms with E-state index in [2.05, 4.69) is 25.4 Å². The van der Waals surface area contributed by atoms with Crippen molar-refractivity contribution in [1.29, 1.82) is 0 Å². The molecule has 0 aliphatic carbocycles. The SMILES string of the molecule is CNCCn1nc(-c2ccnc(-c3cncnc3)c2)cc1C=O. The highest BCUT2D eigenvalue weighted by Crippen LogP contribution is 2.23. The van der Waals surface area contributed by atoms with E-state index in [-0.39, 0.29) is 0 Å². The molecule has 7 nitrogen and oxygen atoms in total. The Labute approximate surface area is 133 Å². The Morgan fingerprint density at radius 2 is 2.00 bits per heavy atom. The number of hydrogen-bond donors (Lipinski definition) is 1. The van der Waals surface area contributed by atoms with Gasteiger partial charge in [0.15, 0.2) is 6.29 Å². The zero-order chi connectivity index (χ0) is 16.1. The maximum Gasteiger partial charge on any atom is 0.168 e. The lowest BCUT2D eigenvalue weighted by atomic mass is 10.1. The van der Waals surface area contributed by atoms with Gasteiger partial charge in [-0.2, -0.15) is 5.10 Å². The van der Waals surface area contributed by atoms with Gasteiger partial charge in [-0.1, -0.05) is 0 Å². The summed E-state index contributed by atoms with van der Waals surface area (Å²) < 4.78 is 1.70. The van der Waals surface area contributed by atoms with Crippen LogP contribution < -0.4 is 5.32 Å². The van der Waals surface area contributed by atoms with Crippen molar-refractivity contribution in [3.05, 3.63) is 48.8 Å². The van der Waals surface area contributed by atoms with Crippen LogP contribution >= 0.6 is 0 Å². The lowest BCUT2D eigenvalue weighted by molar-refractivity contribution is 0.111. The maximum absolute atomic E-state index is 11.2. The van der Waals surface area contributed by atoms with Crippen LogP contribution in [0.15, 0.2) is 43.1 Å². The fourth-order valence-electron chi connectivity index (χ4n) is 2.24. The second-order valence-electron chi connectivity index (χ2n) is 4.96. The van der Waals surface area contributed by atoms with E-state index in [1.165, 1.54) is 6.33 Å². The number of aromatic nitrogens is 5. The molecule has 3 heterocycles. The molecule has 0 saturated heterocycles. The fourth-order valence-corrected chi connectivity index (χ4v) is 2.24. The van der Waals surface area contributed by atoms with Crippen molar-refractivity contribution < 1.29 is 4.79 Å². The first-order valence-electron chi connectivity index (χ1n) is 7.21. The first-order chi connectivity index (χ1) is 11.3. The second-order valence-corrected chi connectivity index (χ2v) is 4.96. The molecule has 0 bridgehead atoms. The van der Waals surface area contributed by atoms with Gasteiger partial charge in [-0.15, -0.1) is 0 Å². The molecule has 0 amide bonds. The summed E-state index contributed by atoms with van der Waals surface area (Å²) in [5.74, 6) is 0. The molecule has 0 unspecified atom stereocenters. The van der Waals surface area contributed by atoms with Gasteiger partial charge in [0.2, 0.25) is 0 Å². The molecule has 3 aromatic rings. The third kappa shape index (κ3) is 3.29. The molecule has 0 radical (unpaired) electrons. The highest BCUT2D eigenvalue weighted by molar-refractivity contribution is 5.76. The predicted octanol–water partition coefficient (Wildman–Crippen LogP) is 1.43. The van der Waals surface area contributed by atoms with Gasteiger partial charge >= 0.3 is 0 Å². The lowest BCUT2D eigenvalue weighted by Gasteiger charge is -2.03. The van der Waals surface area contributed by atoms with Crippen LogP contribution in [-0.4, -0.2) is 44.6 Å². The summed E-state index contributed by atoms with van der Waals surface area (Å²) in [5.41, 5.74) is 3.78. The number of pyridine rings is 1. The second kappa shape index (κ2) is 6.89. The Hall–Kier alpha value is -2.93. The van der Waals surface area contributed by atoms with Crippen LogP contribution in [0.4, 0.5) is 0 Å². The van der Waals surface area contributed by atoms with E-state index >= 15 is 0 Å². The first kappa shape index (κ1) is 15.0. The molecule has 0 aromatic carbocycles. The molecule has 0 aliphatic rings. The van der Waals surface area contributed by atoms with Gasteiger partial charge in [0.1, 0.15) is 12.0 Å². The van der Waals surface area contributed by atoms with Gasteiger partial charge in [-0.3, -0.25) is 14.5 Å². The van der Waals surface area contributed by atoms with E-state index in [1.807, 2.05) is 19.2 Å². The van der Waals surface area contributed by atoms with Gasteiger partial charge in [-0.05, 0) is 25.2 Å². The Bertz CT molecular complexity index is 799. The van der Waals surface area contributed by atoms with Crippen LogP contribution in [0.1, 0.15) is 10.5 Å². The lowest BCUT2D eigenvalue weighted by Crippen LogP contribution is -2.17. The van der Waals surface area contributed by atoms with Gasteiger partial charge < -0.3 is 5.32 Å². The molecule has 0 fully saturated rings. The van der Waals surface area contributed by atoms with Crippen molar-refractivity contribution in [2.45, 2.75) is 6.54 Å². The largest absolute Gasteiger partial charge is 0.318 e. The molecule has 3 rings (SSSR count). The molecule has 3 aromatic heterocycles. The molecular formula is C16H16N6O. The van der Waals surface area contributed by atoms with E-state index < -0.39 is 0 Å². The Morgan fingerprint density at radius 3 is 2.74 bits per heavy atom. The van der Waals surface area contributed by atoms with Crippen LogP contribution in [0.5, 0.6) is 0 Å². The highest BCUT2D eigenvalue weighted by atomic mass is 16.1. The van der Waals surface area contributed by atoms with E-state index in [1.54, 1.807) is 29.3 Å². The smallest absolute Gasteiger partial charge is 0.168 e. The third-order valence-corrected chi connectivity index (χ3v) is 3.42. The van der Waals surface area contributed by atoms with Gasteiger partial charge in [0, 0.05) is 36.3 Å². The number of aldehydes is 1. The minimum Gasteiger partial charge on any atom is -0.318 e. The summed E-state index contributed by atoms with van der Waals surface area (Å²) in [7, 11) is 1.86. The van der Waals surface area contributed by atoms with Gasteiger partial charge in [0.05, 0.1) is 17.9 Å². The average molecular weight is 308 g/mol. The van der Waals surface area contributed by atoms with Gasteiger partial charge in [0.25, 0.3) is 0 Å². The monoisotopic (exact) mass is 308 g/mol. The molecule has 7 heteroatoms. The zero-order valence-electron chi connectivity index (χ0n) is 12.7. The van der Waals surface area contributed by atoms with E-state index in [9.17, 15) is 4.79 Å². The fraction of sp³-hybridized carbons (Fsp3) is 0.188. The molecule has 23 heavy (non-hydrogen) atoms. The molecule has 1 N–H and O–H groups in total. The Morgan fingerprint density at radius 1 is 1.17 bits per heavy atom. The molecule has 0 aliphatic heterocycles. The summed E-state index contributed by atoms with van der Waals surface area (Å²) in [6.07, 6.45) is 7.43. The van der Waals surface area contributed by atoms with Crippen molar-refractivity contribution in [3.63, 3.8) is 0 Å². The van der Waals surface area contributed by atoms with E-state index in [0.29, 0.717) is 12.2 Å². The predicted molar refractivity (Wildman–Crippen MR) is 85.8 cm³/mol. The summed E-state index contributed by atoms with van der Waals surface area (Å²) in [6.45, 7) is 1.37. The van der Waals surface area contributed by atoms with Crippen LogP contribution in [0.25, 0.3) is 22.5 Å². The van der Waals surface area contributed by atoms with E-state index in [4.69, 9.17) is 0 Å². The van der Waals surface area contributed by atoms with Crippen LogP contribution in [0.2, 0.25) is 0 Å². The first-order valence-corrected chi connectivity index (χ1v) is 7.21. The molecule has 116 valence electrons. The highest BCUT2D eigenvalue weighted by Gasteiger charge is 2.10. The normalized spacial score (nSPS) is 10.7. The molecule has 0 atom stereocenters. The van der Waals surface area contributed by atoms with Crippen molar-refractivity contribution in [3.8, 4) is 22.5 Å². The molecule has 0 spiro atoms. The van der Waals surface area contributed by atoms with Crippen LogP contribution in [0, 0.1) is 0 Å². The quantitative estimate of drug-likeness (QED) is 0.693. The molecular weight excluding hydrogens is 292 g/mol. The van der Waals surface area contributed by atoms with Crippen molar-refractivity contribution >= 4 is 6.29 Å². The summed E-state index contributed by atoms with van der Waals surface area (Å²) in [5, 5.41) is 7.56. The van der Waals surface area contributed by atoms with Crippen molar-refractivity contribution in [1.82, 2.24) is 30.0 Å². The van der Waals surface area contributed by atoms with Crippen LogP contribution in [-0.2, 0) is 6.54 Å². The summed E-state index contributed by atoms with van der Waals surface area (Å²) in [6, 6.07) is 5.56. The number of nitrogens with one attached hydrogen (secondary N) is 1. The number of likely N-dealkylation sites (N-methyl/N-ethyl adjacent to an activating group) is 1. The van der Waals surface area contributed by atoms with Crippen molar-refractivity contribution in [2.75, 3.05) is 13.6 Å². The van der Waals surface area contributed by atoms with Crippen LogP contribution in [0.3, 0.4) is 0 Å². The number of rotatable bonds is 6. The average Bonchev–Trinajstić information content (AvgIpc) is 3.04. The Balaban J connectivity index is 1.96. The topological polar surface area (TPSA) is 85.6 Å². The Kier molecular flexibility index (Phi) is 4.49. The van der Waals surface area contributed by atoms with Gasteiger partial charge in [-0.25, -0.2) is 9.97 Å². The minimum absolute atomic E-state index is 0.552. The standard InChI is InChI=1S/C16H16N6O/c1-17-4-5-22-14(10-23)7-16(21-22)12-2-3-20-15(6-12)13-8-18-11-19-9-13/h2-3,6-11,17H,4-5H2,1H3. The third-order valence-electron chi connectivity index (χ3n) is 3.42. The van der Waals surface area contributed by atoms with E-state index in [0.717, 1.165) is 35.3 Å². The summed E-state index contributed by atoms with van der Waals surface area (Å²) in [4.78, 5) is 23.6. The number of nitrogens with zero attached hydrogens (tertiary/aromatic N) is 5. The minimum atomic E-state index is 0.552. The maximum atomic E-state index is 11.2. The summed E-state index contributed by atoms with van der Waals surface area (Å²) >= 11 is 0. The number of carbonyl (C=O) groups excluding carboxylic acids is 1. The molecule has 0 saturated carbocycles. The number of carbonyl (C=O) groups is 1. The van der Waals surface area contributed by atoms with Crippen molar-refractivity contribution in [2.24, 2.45) is 0 Å². The zero-order valence-corrected chi connectivity index (χ0v) is 12.7.